The molecule has 1 aliphatic heterocycles. The third-order valence-corrected chi connectivity index (χ3v) is 8.72. The van der Waals surface area contributed by atoms with Gasteiger partial charge >= 0.3 is 27.1 Å². The van der Waals surface area contributed by atoms with Crippen LogP contribution in [-0.4, -0.2) is 42.1 Å². The van der Waals surface area contributed by atoms with Crippen molar-refractivity contribution < 1.29 is 30.4 Å². The van der Waals surface area contributed by atoms with Crippen molar-refractivity contribution in [3.63, 3.8) is 0 Å². The quantitative estimate of drug-likeness (QED) is 0.128. The third-order valence-electron chi connectivity index (χ3n) is 8.72. The number of fused-ring (bicyclic) bond motifs is 4. The fourth-order valence-electron chi connectivity index (χ4n) is 6.17. The maximum Gasteiger partial charge on any atom is 2.00 e. The molecule has 4 aromatic carbocycles. The van der Waals surface area contributed by atoms with Gasteiger partial charge in [0.05, 0.1) is 0 Å². The number of benzene rings is 4. The van der Waals surface area contributed by atoms with Crippen molar-refractivity contribution in [2.45, 2.75) is 52.4 Å². The molecule has 7 aromatic rings. The zero-order valence-corrected chi connectivity index (χ0v) is 31.9. The Morgan fingerprint density at radius 2 is 1.41 bits per heavy atom. The summed E-state index contributed by atoms with van der Waals surface area (Å²) in [6.07, 6.45) is 1.80. The number of ether oxygens (including phenoxy) is 1. The molecule has 1 aliphatic rings. The summed E-state index contributed by atoms with van der Waals surface area (Å²) < 4.78 is 12.9. The first-order valence-electron chi connectivity index (χ1n) is 16.7. The normalized spacial score (nSPS) is 12.8. The Hall–Kier alpha value is -5.29. The zero-order chi connectivity index (χ0) is 34.8. The molecule has 0 saturated carbocycles. The van der Waals surface area contributed by atoms with E-state index >= 15 is 0 Å². The first kappa shape index (κ1) is 34.2. The Morgan fingerprint density at radius 3 is 2.12 bits per heavy atom. The number of hydrogen-bond acceptors (Lipinski definition) is 5. The topological polar surface area (TPSA) is 71.7 Å². The number of hydrogen-bond donors (Lipinski definition) is 0. The van der Waals surface area contributed by atoms with Gasteiger partial charge in [-0.1, -0.05) is 105 Å². The van der Waals surface area contributed by atoms with Gasteiger partial charge in [-0.15, -0.1) is 23.6 Å². The maximum absolute atomic E-state index is 6.81. The number of nitrogens with zero attached hydrogens (tertiary/aromatic N) is 7. The van der Waals surface area contributed by atoms with E-state index in [-0.39, 0.29) is 31.9 Å². The molecule has 254 valence electrons. The second-order valence-corrected chi connectivity index (χ2v) is 14.6. The molecule has 0 saturated heterocycles. The first-order chi connectivity index (χ1) is 24.0. The molecule has 51 heavy (non-hydrogen) atoms. The molecule has 9 heteroatoms. The Balaban J connectivity index is 0.00000406. The van der Waals surface area contributed by atoms with E-state index in [1.807, 2.05) is 70.8 Å². The first-order valence-corrected chi connectivity index (χ1v) is 16.7. The van der Waals surface area contributed by atoms with Crippen LogP contribution in [0.25, 0.3) is 39.0 Å². The van der Waals surface area contributed by atoms with Crippen molar-refractivity contribution in [3.05, 3.63) is 121 Å². The van der Waals surface area contributed by atoms with Gasteiger partial charge in [-0.25, -0.2) is 19.9 Å². The molecule has 8 rings (SSSR count). The zero-order valence-electron chi connectivity index (χ0n) is 29.6. The molecule has 0 spiro atoms. The molecular weight excluding hydrogens is 814 g/mol. The van der Waals surface area contributed by atoms with Gasteiger partial charge in [0.25, 0.3) is 11.4 Å². The van der Waals surface area contributed by atoms with Crippen LogP contribution in [0.15, 0.2) is 97.2 Å². The molecule has 4 heterocycles. The SMILES string of the molecule is C[N+]1=C=[N+](c2[c-]c(Oc3[c-]c4c(cc3-c3nc(C(C)(C)C)nc(C(C)(C)C)n3)c3ccccc3n4-c3ccccn3)ccc2)c2ccccc21.[Pt+2]. The molecule has 3 aromatic heterocycles. The van der Waals surface area contributed by atoms with Gasteiger partial charge in [-0.2, -0.15) is 6.07 Å². The second-order valence-electron chi connectivity index (χ2n) is 14.6. The predicted octanol–water partition coefficient (Wildman–Crippen LogP) is 9.31. The maximum atomic E-state index is 6.81. The Labute approximate surface area is 312 Å². The summed E-state index contributed by atoms with van der Waals surface area (Å²) in [5.41, 5.74) is 4.82. The standard InChI is InChI=1S/C42H37N7O.Pt/c1-41(2,3)39-44-38(45-40(46-39)42(4,5)6)31-24-30-29-17-8-9-18-32(29)49(37-21-12-13-22-43-37)35(30)25-36(31)50-28-16-14-15-27(23-28)48-26-47(7)33-19-10-11-20-34(33)48;/h8-22,24H,1-7H3;/q;+2. The fourth-order valence-corrected chi connectivity index (χ4v) is 6.17. The van der Waals surface area contributed by atoms with Crippen LogP contribution in [0.3, 0.4) is 0 Å². The van der Waals surface area contributed by atoms with Crippen LogP contribution < -0.4 is 9.31 Å². The number of pyridine rings is 1. The van der Waals surface area contributed by atoms with Crippen LogP contribution in [0.2, 0.25) is 0 Å². The summed E-state index contributed by atoms with van der Waals surface area (Å²) in [7, 11) is 1.99. The number of aromatic nitrogens is 5. The van der Waals surface area contributed by atoms with E-state index in [0.717, 1.165) is 44.7 Å². The van der Waals surface area contributed by atoms with E-state index in [0.29, 0.717) is 34.5 Å². The average molecular weight is 851 g/mol. The monoisotopic (exact) mass is 850 g/mol. The van der Waals surface area contributed by atoms with E-state index in [4.69, 9.17) is 24.7 Å². The number of rotatable bonds is 5. The Morgan fingerprint density at radius 1 is 0.725 bits per heavy atom. The van der Waals surface area contributed by atoms with Crippen LogP contribution in [0.4, 0.5) is 17.1 Å². The Bertz CT molecular complexity index is 2500. The molecule has 0 bridgehead atoms. The molecule has 0 unspecified atom stereocenters. The largest absolute Gasteiger partial charge is 2.00 e. The van der Waals surface area contributed by atoms with Crippen molar-refractivity contribution in [1.29, 1.82) is 0 Å². The Kier molecular flexibility index (Phi) is 8.57. The van der Waals surface area contributed by atoms with E-state index in [9.17, 15) is 0 Å². The van der Waals surface area contributed by atoms with E-state index < -0.39 is 0 Å². The van der Waals surface area contributed by atoms with E-state index in [1.165, 1.54) is 0 Å². The molecule has 0 radical (unpaired) electrons. The molecule has 0 atom stereocenters. The van der Waals surface area contributed by atoms with Crippen molar-refractivity contribution in [2.24, 2.45) is 0 Å². The van der Waals surface area contributed by atoms with E-state index in [2.05, 4.69) is 101 Å². The van der Waals surface area contributed by atoms with Crippen molar-refractivity contribution in [2.75, 3.05) is 7.05 Å². The second kappa shape index (κ2) is 12.8. The predicted molar refractivity (Wildman–Crippen MR) is 198 cm³/mol. The molecule has 0 aliphatic carbocycles. The average Bonchev–Trinajstić information content (AvgIpc) is 3.61. The van der Waals surface area contributed by atoms with Crippen LogP contribution in [-0.2, 0) is 31.9 Å². The van der Waals surface area contributed by atoms with Crippen LogP contribution in [0.1, 0.15) is 53.2 Å². The minimum atomic E-state index is -0.310. The third kappa shape index (κ3) is 6.20. The summed E-state index contributed by atoms with van der Waals surface area (Å²) in [5.74, 6) is 3.75. The molecule has 0 amide bonds. The van der Waals surface area contributed by atoms with Gasteiger partial charge in [-0.3, -0.25) is 0 Å². The van der Waals surface area contributed by atoms with Crippen molar-refractivity contribution in [3.8, 4) is 28.7 Å². The van der Waals surface area contributed by atoms with Gasteiger partial charge in [0.1, 0.15) is 29.0 Å². The summed E-state index contributed by atoms with van der Waals surface area (Å²) in [6.45, 7) is 12.7. The minimum Gasteiger partial charge on any atom is -0.508 e. The van der Waals surface area contributed by atoms with Gasteiger partial charge in [0.2, 0.25) is 0 Å². The number of para-hydroxylation sites is 3. The summed E-state index contributed by atoms with van der Waals surface area (Å²) in [5, 5.41) is 2.05. The summed E-state index contributed by atoms with van der Waals surface area (Å²) in [6, 6.07) is 41.0. The summed E-state index contributed by atoms with van der Waals surface area (Å²) in [4.78, 5) is 19.8. The molecule has 8 nitrogen and oxygen atoms in total. The molecular formula is C42H37N7OPt+2. The van der Waals surface area contributed by atoms with Crippen LogP contribution >= 0.6 is 0 Å². The van der Waals surface area contributed by atoms with Gasteiger partial charge in [0, 0.05) is 46.2 Å². The van der Waals surface area contributed by atoms with Gasteiger partial charge < -0.3 is 9.30 Å². The van der Waals surface area contributed by atoms with Gasteiger partial charge in [0.15, 0.2) is 7.05 Å². The minimum absolute atomic E-state index is 0. The van der Waals surface area contributed by atoms with Crippen LogP contribution in [0, 0.1) is 12.1 Å². The fraction of sp³-hybridized carbons (Fsp3) is 0.214. The summed E-state index contributed by atoms with van der Waals surface area (Å²) >= 11 is 0. The van der Waals surface area contributed by atoms with Gasteiger partial charge in [-0.05, 0) is 29.1 Å². The van der Waals surface area contributed by atoms with Crippen molar-refractivity contribution in [1.82, 2.24) is 29.1 Å². The molecule has 0 N–H and O–H groups in total. The van der Waals surface area contributed by atoms with E-state index in [1.54, 1.807) is 6.20 Å². The van der Waals surface area contributed by atoms with Crippen molar-refractivity contribution >= 4 is 44.9 Å². The van der Waals surface area contributed by atoms with Crippen LogP contribution in [0.5, 0.6) is 11.5 Å². The molecule has 0 fully saturated rings. The smallest absolute Gasteiger partial charge is 0.508 e.